The van der Waals surface area contributed by atoms with Gasteiger partial charge < -0.3 is 10.1 Å². The van der Waals surface area contributed by atoms with E-state index in [9.17, 15) is 0 Å². The summed E-state index contributed by atoms with van der Waals surface area (Å²) in [4.78, 5) is 0. The van der Waals surface area contributed by atoms with Crippen molar-refractivity contribution in [3.05, 3.63) is 63.6 Å². The van der Waals surface area contributed by atoms with Gasteiger partial charge in [0, 0.05) is 12.6 Å². The highest BCUT2D eigenvalue weighted by molar-refractivity contribution is 9.10. The van der Waals surface area contributed by atoms with E-state index in [0.29, 0.717) is 6.04 Å². The van der Waals surface area contributed by atoms with Crippen LogP contribution in [0.25, 0.3) is 0 Å². The highest BCUT2D eigenvalue weighted by atomic mass is 79.9. The van der Waals surface area contributed by atoms with E-state index in [4.69, 9.17) is 4.74 Å². The molecule has 0 aliphatic carbocycles. The van der Waals surface area contributed by atoms with E-state index in [1.54, 1.807) is 7.11 Å². The van der Waals surface area contributed by atoms with Crippen LogP contribution in [-0.2, 0) is 6.54 Å². The zero-order chi connectivity index (χ0) is 15.2. The monoisotopic (exact) mass is 347 g/mol. The summed E-state index contributed by atoms with van der Waals surface area (Å²) < 4.78 is 6.25. The Morgan fingerprint density at radius 3 is 2.43 bits per heavy atom. The molecule has 21 heavy (non-hydrogen) atoms. The molecule has 2 nitrogen and oxygen atoms in total. The van der Waals surface area contributed by atoms with Gasteiger partial charge in [0.2, 0.25) is 0 Å². The molecule has 0 saturated carbocycles. The smallest absolute Gasteiger partial charge is 0.133 e. The standard InChI is InChI=1S/C18H22BrNO/c1-4-17(15-8-5-13(2)6-9-15)20-12-14-7-10-18(21-3)16(19)11-14/h5-11,17,20H,4,12H2,1-3H3. The lowest BCUT2D eigenvalue weighted by atomic mass is 10.0. The van der Waals surface area contributed by atoms with E-state index in [0.717, 1.165) is 23.2 Å². The summed E-state index contributed by atoms with van der Waals surface area (Å²) in [7, 11) is 1.68. The predicted molar refractivity (Wildman–Crippen MR) is 91.7 cm³/mol. The number of hydrogen-bond acceptors (Lipinski definition) is 2. The van der Waals surface area contributed by atoms with Crippen molar-refractivity contribution in [3.8, 4) is 5.75 Å². The maximum Gasteiger partial charge on any atom is 0.133 e. The molecule has 0 aromatic heterocycles. The van der Waals surface area contributed by atoms with Crippen molar-refractivity contribution in [1.82, 2.24) is 5.32 Å². The molecule has 0 saturated heterocycles. The Morgan fingerprint density at radius 2 is 1.86 bits per heavy atom. The van der Waals surface area contributed by atoms with Crippen molar-refractivity contribution in [2.45, 2.75) is 32.9 Å². The van der Waals surface area contributed by atoms with Crippen molar-refractivity contribution >= 4 is 15.9 Å². The zero-order valence-electron chi connectivity index (χ0n) is 12.8. The van der Waals surface area contributed by atoms with Crippen LogP contribution in [0.15, 0.2) is 46.9 Å². The lowest BCUT2D eigenvalue weighted by molar-refractivity contribution is 0.412. The van der Waals surface area contributed by atoms with Crippen LogP contribution in [-0.4, -0.2) is 7.11 Å². The first-order valence-electron chi connectivity index (χ1n) is 7.26. The van der Waals surface area contributed by atoms with Crippen LogP contribution in [0.2, 0.25) is 0 Å². The lowest BCUT2D eigenvalue weighted by Crippen LogP contribution is -2.20. The Bertz CT molecular complexity index is 580. The van der Waals surface area contributed by atoms with Gasteiger partial charge >= 0.3 is 0 Å². The van der Waals surface area contributed by atoms with Crippen LogP contribution in [0.3, 0.4) is 0 Å². The molecule has 2 aromatic carbocycles. The average molecular weight is 348 g/mol. The second-order valence-electron chi connectivity index (χ2n) is 5.22. The highest BCUT2D eigenvalue weighted by Crippen LogP contribution is 2.26. The molecule has 1 N–H and O–H groups in total. The molecule has 0 fully saturated rings. The number of rotatable bonds is 6. The SMILES string of the molecule is CCC(NCc1ccc(OC)c(Br)c1)c1ccc(C)cc1. The van der Waals surface area contributed by atoms with Crippen molar-refractivity contribution in [3.63, 3.8) is 0 Å². The molecule has 1 unspecified atom stereocenters. The molecule has 0 amide bonds. The Kier molecular flexibility index (Phi) is 5.83. The molecule has 0 bridgehead atoms. The van der Waals surface area contributed by atoms with Gasteiger partial charge in [-0.1, -0.05) is 42.8 Å². The number of nitrogens with one attached hydrogen (secondary N) is 1. The van der Waals surface area contributed by atoms with Crippen molar-refractivity contribution < 1.29 is 4.74 Å². The number of hydrogen-bond donors (Lipinski definition) is 1. The Hall–Kier alpha value is -1.32. The molecule has 1 atom stereocenters. The summed E-state index contributed by atoms with van der Waals surface area (Å²) in [5.41, 5.74) is 3.89. The summed E-state index contributed by atoms with van der Waals surface area (Å²) >= 11 is 3.53. The third-order valence-electron chi connectivity index (χ3n) is 3.66. The summed E-state index contributed by atoms with van der Waals surface area (Å²) in [5.74, 6) is 0.865. The van der Waals surface area contributed by atoms with Gasteiger partial charge in [0.25, 0.3) is 0 Å². The zero-order valence-corrected chi connectivity index (χ0v) is 14.4. The molecule has 0 heterocycles. The summed E-state index contributed by atoms with van der Waals surface area (Å²) in [6.07, 6.45) is 1.07. The number of benzene rings is 2. The van der Waals surface area contributed by atoms with Crippen LogP contribution in [0.5, 0.6) is 5.75 Å². The lowest BCUT2D eigenvalue weighted by Gasteiger charge is -2.18. The first-order valence-corrected chi connectivity index (χ1v) is 8.05. The third-order valence-corrected chi connectivity index (χ3v) is 4.28. The Morgan fingerprint density at radius 1 is 1.14 bits per heavy atom. The van der Waals surface area contributed by atoms with Gasteiger partial charge in [-0.25, -0.2) is 0 Å². The van der Waals surface area contributed by atoms with Crippen LogP contribution >= 0.6 is 15.9 Å². The second-order valence-corrected chi connectivity index (χ2v) is 6.08. The van der Waals surface area contributed by atoms with Gasteiger partial charge in [0.15, 0.2) is 0 Å². The predicted octanol–water partition coefficient (Wildman–Crippen LogP) is 5.01. The molecule has 3 heteroatoms. The number of aryl methyl sites for hydroxylation is 1. The van der Waals surface area contributed by atoms with Gasteiger partial charge in [0.05, 0.1) is 11.6 Å². The van der Waals surface area contributed by atoms with Gasteiger partial charge in [-0.05, 0) is 52.5 Å². The van der Waals surface area contributed by atoms with Crippen LogP contribution in [0, 0.1) is 6.92 Å². The minimum atomic E-state index is 0.381. The molecule has 0 spiro atoms. The van der Waals surface area contributed by atoms with Crippen molar-refractivity contribution in [1.29, 1.82) is 0 Å². The summed E-state index contributed by atoms with van der Waals surface area (Å²) in [6.45, 7) is 5.17. The van der Waals surface area contributed by atoms with E-state index in [2.05, 4.69) is 71.5 Å². The summed E-state index contributed by atoms with van der Waals surface area (Å²) in [6, 6.07) is 15.3. The number of ether oxygens (including phenoxy) is 1. The van der Waals surface area contributed by atoms with E-state index in [1.165, 1.54) is 16.7 Å². The molecule has 0 aliphatic rings. The minimum Gasteiger partial charge on any atom is -0.496 e. The quantitative estimate of drug-likeness (QED) is 0.793. The fourth-order valence-corrected chi connectivity index (χ4v) is 2.95. The topological polar surface area (TPSA) is 21.3 Å². The van der Waals surface area contributed by atoms with Gasteiger partial charge in [-0.15, -0.1) is 0 Å². The van der Waals surface area contributed by atoms with E-state index in [-0.39, 0.29) is 0 Å². The Labute approximate surface area is 135 Å². The van der Waals surface area contributed by atoms with E-state index < -0.39 is 0 Å². The Balaban J connectivity index is 2.03. The molecular weight excluding hydrogens is 326 g/mol. The average Bonchev–Trinajstić information content (AvgIpc) is 2.49. The van der Waals surface area contributed by atoms with Crippen LogP contribution < -0.4 is 10.1 Å². The third kappa shape index (κ3) is 4.32. The fourth-order valence-electron chi connectivity index (χ4n) is 2.36. The summed E-state index contributed by atoms with van der Waals surface area (Å²) in [5, 5.41) is 3.62. The number of methoxy groups -OCH3 is 1. The molecule has 2 rings (SSSR count). The van der Waals surface area contributed by atoms with Crippen molar-refractivity contribution in [2.24, 2.45) is 0 Å². The van der Waals surface area contributed by atoms with E-state index in [1.807, 2.05) is 6.07 Å². The molecular formula is C18H22BrNO. The maximum absolute atomic E-state index is 5.26. The fraction of sp³-hybridized carbons (Fsp3) is 0.333. The second kappa shape index (κ2) is 7.62. The molecule has 112 valence electrons. The van der Waals surface area contributed by atoms with Crippen LogP contribution in [0.1, 0.15) is 36.1 Å². The molecule has 0 radical (unpaired) electrons. The highest BCUT2D eigenvalue weighted by Gasteiger charge is 2.09. The normalized spacial score (nSPS) is 12.2. The minimum absolute atomic E-state index is 0.381. The van der Waals surface area contributed by atoms with Gasteiger partial charge in [-0.3, -0.25) is 0 Å². The number of halogens is 1. The molecule has 2 aromatic rings. The van der Waals surface area contributed by atoms with Crippen molar-refractivity contribution in [2.75, 3.05) is 7.11 Å². The van der Waals surface area contributed by atoms with E-state index >= 15 is 0 Å². The first kappa shape index (κ1) is 16.1. The van der Waals surface area contributed by atoms with Gasteiger partial charge in [0.1, 0.15) is 5.75 Å². The first-order chi connectivity index (χ1) is 10.1. The molecule has 0 aliphatic heterocycles. The van der Waals surface area contributed by atoms with Gasteiger partial charge in [-0.2, -0.15) is 0 Å². The largest absolute Gasteiger partial charge is 0.496 e. The van der Waals surface area contributed by atoms with Crippen LogP contribution in [0.4, 0.5) is 0 Å². The maximum atomic E-state index is 5.26.